The van der Waals surface area contributed by atoms with Gasteiger partial charge in [-0.1, -0.05) is 30.3 Å². The average Bonchev–Trinajstić information content (AvgIpc) is 2.83. The number of aromatic nitrogens is 3. The van der Waals surface area contributed by atoms with Gasteiger partial charge >= 0.3 is 0 Å². The summed E-state index contributed by atoms with van der Waals surface area (Å²) in [6.07, 6.45) is 3.97. The Kier molecular flexibility index (Phi) is 6.08. The van der Waals surface area contributed by atoms with Crippen molar-refractivity contribution >= 4 is 17.5 Å². The fraction of sp³-hybridized carbons (Fsp3) is 0.261. The Hall–Kier alpha value is -3.61. The van der Waals surface area contributed by atoms with Crippen LogP contribution in [0.4, 0.5) is 5.82 Å². The van der Waals surface area contributed by atoms with E-state index in [0.717, 1.165) is 17.1 Å². The molecule has 0 spiro atoms. The van der Waals surface area contributed by atoms with Crippen molar-refractivity contribution < 1.29 is 9.59 Å². The molecule has 3 heterocycles. The Morgan fingerprint density at radius 3 is 2.30 bits per heavy atom. The zero-order chi connectivity index (χ0) is 20.8. The standard InChI is InChI=1S/C23H23N5O2/c29-21(18-5-2-1-3-6-18)9-11-23(30)28-15-13-27(14-16-28)22-10-8-20(25-26-22)19-7-4-12-24-17-19/h1-8,10,12,17H,9,11,13-16H2. The minimum absolute atomic E-state index is 0.00608. The number of benzene rings is 1. The van der Waals surface area contributed by atoms with Gasteiger partial charge in [0, 0.05) is 62.5 Å². The van der Waals surface area contributed by atoms with Crippen LogP contribution in [0.5, 0.6) is 0 Å². The van der Waals surface area contributed by atoms with Gasteiger partial charge in [0.1, 0.15) is 0 Å². The second kappa shape index (κ2) is 9.26. The topological polar surface area (TPSA) is 79.3 Å². The maximum Gasteiger partial charge on any atom is 0.223 e. The quantitative estimate of drug-likeness (QED) is 0.591. The summed E-state index contributed by atoms with van der Waals surface area (Å²) >= 11 is 0. The van der Waals surface area contributed by atoms with Crippen molar-refractivity contribution in [3.8, 4) is 11.3 Å². The number of rotatable bonds is 6. The van der Waals surface area contributed by atoms with Crippen LogP contribution in [0.15, 0.2) is 67.0 Å². The normalized spacial score (nSPS) is 13.9. The van der Waals surface area contributed by atoms with Gasteiger partial charge in [0.15, 0.2) is 11.6 Å². The molecule has 1 fully saturated rings. The molecular weight excluding hydrogens is 378 g/mol. The fourth-order valence-electron chi connectivity index (χ4n) is 3.49. The summed E-state index contributed by atoms with van der Waals surface area (Å²) < 4.78 is 0. The molecule has 0 aliphatic carbocycles. The van der Waals surface area contributed by atoms with E-state index in [9.17, 15) is 9.59 Å². The van der Waals surface area contributed by atoms with Crippen LogP contribution in [0.3, 0.4) is 0 Å². The molecule has 152 valence electrons. The van der Waals surface area contributed by atoms with E-state index in [1.807, 2.05) is 47.4 Å². The summed E-state index contributed by atoms with van der Waals surface area (Å²) in [6.45, 7) is 2.62. The van der Waals surface area contributed by atoms with Gasteiger partial charge in [-0.25, -0.2) is 0 Å². The van der Waals surface area contributed by atoms with Gasteiger partial charge in [-0.2, -0.15) is 0 Å². The van der Waals surface area contributed by atoms with Crippen LogP contribution in [0.2, 0.25) is 0 Å². The number of carbonyl (C=O) groups excluding carboxylic acids is 2. The third-order valence-electron chi connectivity index (χ3n) is 5.23. The minimum Gasteiger partial charge on any atom is -0.352 e. The van der Waals surface area contributed by atoms with Gasteiger partial charge in [0.05, 0.1) is 5.69 Å². The van der Waals surface area contributed by atoms with Crippen LogP contribution in [-0.2, 0) is 4.79 Å². The predicted octanol–water partition coefficient (Wildman–Crippen LogP) is 2.85. The lowest BCUT2D eigenvalue weighted by atomic mass is 10.1. The van der Waals surface area contributed by atoms with Crippen LogP contribution in [0.25, 0.3) is 11.3 Å². The third-order valence-corrected chi connectivity index (χ3v) is 5.23. The number of carbonyl (C=O) groups is 2. The van der Waals surface area contributed by atoms with Gasteiger partial charge < -0.3 is 9.80 Å². The summed E-state index contributed by atoms with van der Waals surface area (Å²) in [5.74, 6) is 0.831. The molecule has 30 heavy (non-hydrogen) atoms. The summed E-state index contributed by atoms with van der Waals surface area (Å²) in [5.41, 5.74) is 2.36. The SMILES string of the molecule is O=C(CCC(=O)N1CCN(c2ccc(-c3cccnc3)nn2)CC1)c1ccccc1. The Balaban J connectivity index is 1.27. The maximum absolute atomic E-state index is 12.5. The number of anilines is 1. The first-order chi connectivity index (χ1) is 14.7. The van der Waals surface area contributed by atoms with Gasteiger partial charge in [-0.3, -0.25) is 14.6 Å². The molecule has 7 nitrogen and oxygen atoms in total. The van der Waals surface area contributed by atoms with Crippen LogP contribution < -0.4 is 4.90 Å². The summed E-state index contributed by atoms with van der Waals surface area (Å²) in [4.78, 5) is 32.8. The number of amides is 1. The number of nitrogens with zero attached hydrogens (tertiary/aromatic N) is 5. The second-order valence-corrected chi connectivity index (χ2v) is 7.18. The highest BCUT2D eigenvalue weighted by atomic mass is 16.2. The van der Waals surface area contributed by atoms with Crippen molar-refractivity contribution in [2.75, 3.05) is 31.1 Å². The first-order valence-corrected chi connectivity index (χ1v) is 10.1. The Morgan fingerprint density at radius 1 is 0.833 bits per heavy atom. The molecule has 0 bridgehead atoms. The largest absolute Gasteiger partial charge is 0.352 e. The van der Waals surface area contributed by atoms with Gasteiger partial charge in [0.2, 0.25) is 5.91 Å². The van der Waals surface area contributed by atoms with E-state index in [1.54, 1.807) is 24.5 Å². The molecule has 4 rings (SSSR count). The van der Waals surface area contributed by atoms with Gasteiger partial charge in [-0.05, 0) is 24.3 Å². The van der Waals surface area contributed by atoms with Crippen molar-refractivity contribution in [3.63, 3.8) is 0 Å². The number of piperazine rings is 1. The molecule has 7 heteroatoms. The second-order valence-electron chi connectivity index (χ2n) is 7.18. The molecule has 0 atom stereocenters. The van der Waals surface area contributed by atoms with Gasteiger partial charge in [0.25, 0.3) is 0 Å². The minimum atomic E-state index is 0.00608. The van der Waals surface area contributed by atoms with Gasteiger partial charge in [-0.15, -0.1) is 10.2 Å². The molecule has 0 N–H and O–H groups in total. The third kappa shape index (κ3) is 4.68. The molecule has 0 radical (unpaired) electrons. The zero-order valence-electron chi connectivity index (χ0n) is 16.6. The van der Waals surface area contributed by atoms with E-state index in [0.29, 0.717) is 31.7 Å². The number of Topliss-reactive ketones (excluding diaryl/α,β-unsaturated/α-hetero) is 1. The van der Waals surface area contributed by atoms with Crippen molar-refractivity contribution in [1.82, 2.24) is 20.1 Å². The molecule has 1 aliphatic rings. The summed E-state index contributed by atoms with van der Waals surface area (Å²) in [7, 11) is 0. The monoisotopic (exact) mass is 401 g/mol. The smallest absolute Gasteiger partial charge is 0.223 e. The van der Waals surface area contributed by atoms with Crippen LogP contribution in [0, 0.1) is 0 Å². The molecule has 1 amide bonds. The number of hydrogen-bond donors (Lipinski definition) is 0. The highest BCUT2D eigenvalue weighted by molar-refractivity contribution is 5.97. The molecule has 0 saturated carbocycles. The van der Waals surface area contributed by atoms with Crippen molar-refractivity contribution in [2.24, 2.45) is 0 Å². The molecule has 1 aliphatic heterocycles. The van der Waals surface area contributed by atoms with Crippen molar-refractivity contribution in [3.05, 3.63) is 72.6 Å². The van der Waals surface area contributed by atoms with E-state index in [-0.39, 0.29) is 24.5 Å². The zero-order valence-corrected chi connectivity index (χ0v) is 16.6. The Bertz CT molecular complexity index is 985. The summed E-state index contributed by atoms with van der Waals surface area (Å²) in [5, 5.41) is 8.65. The lowest BCUT2D eigenvalue weighted by Gasteiger charge is -2.35. The molecule has 1 aromatic carbocycles. The first-order valence-electron chi connectivity index (χ1n) is 10.1. The van der Waals surface area contributed by atoms with Crippen LogP contribution in [-0.4, -0.2) is 58.0 Å². The summed E-state index contributed by atoms with van der Waals surface area (Å²) in [6, 6.07) is 16.8. The molecule has 0 unspecified atom stereocenters. The molecule has 1 saturated heterocycles. The van der Waals surface area contributed by atoms with E-state index >= 15 is 0 Å². The molecule has 3 aromatic rings. The lowest BCUT2D eigenvalue weighted by Crippen LogP contribution is -2.49. The Morgan fingerprint density at radius 2 is 1.63 bits per heavy atom. The molecule has 2 aromatic heterocycles. The molecular formula is C23H23N5O2. The van der Waals surface area contributed by atoms with Crippen molar-refractivity contribution in [2.45, 2.75) is 12.8 Å². The van der Waals surface area contributed by atoms with Crippen LogP contribution >= 0.6 is 0 Å². The first kappa shape index (κ1) is 19.7. The van der Waals surface area contributed by atoms with E-state index < -0.39 is 0 Å². The highest BCUT2D eigenvalue weighted by Crippen LogP contribution is 2.19. The predicted molar refractivity (Wildman–Crippen MR) is 114 cm³/mol. The van der Waals surface area contributed by atoms with E-state index in [4.69, 9.17) is 0 Å². The highest BCUT2D eigenvalue weighted by Gasteiger charge is 2.22. The number of ketones is 1. The van der Waals surface area contributed by atoms with Crippen LogP contribution in [0.1, 0.15) is 23.2 Å². The number of hydrogen-bond acceptors (Lipinski definition) is 6. The lowest BCUT2D eigenvalue weighted by molar-refractivity contribution is -0.131. The Labute approximate surface area is 175 Å². The average molecular weight is 401 g/mol. The van der Waals surface area contributed by atoms with E-state index in [2.05, 4.69) is 20.1 Å². The fourth-order valence-corrected chi connectivity index (χ4v) is 3.49. The van der Waals surface area contributed by atoms with Crippen molar-refractivity contribution in [1.29, 1.82) is 0 Å². The van der Waals surface area contributed by atoms with E-state index in [1.165, 1.54) is 0 Å². The number of pyridine rings is 1. The maximum atomic E-state index is 12.5.